The summed E-state index contributed by atoms with van der Waals surface area (Å²) in [4.78, 5) is 97.2. The van der Waals surface area contributed by atoms with Gasteiger partial charge in [0.05, 0.1) is 101 Å². The number of carboxylic acid groups (broad SMARTS) is 1. The number of amides is 1. The van der Waals surface area contributed by atoms with Gasteiger partial charge in [-0.15, -0.1) is 59.7 Å². The van der Waals surface area contributed by atoms with Gasteiger partial charge in [-0.05, 0) is 261 Å². The minimum absolute atomic E-state index is 0. The Morgan fingerprint density at radius 2 is 0.788 bits per heavy atom. The minimum Gasteiger partial charge on any atom is -0.497 e. The molecule has 0 radical (unpaired) electrons. The highest BCUT2D eigenvalue weighted by Gasteiger charge is 2.23. The van der Waals surface area contributed by atoms with Gasteiger partial charge in [-0.3, -0.25) is 34.6 Å². The maximum atomic E-state index is 12.6. The van der Waals surface area contributed by atoms with Crippen LogP contribution in [0.3, 0.4) is 0 Å². The molecule has 9 aromatic rings. The van der Waals surface area contributed by atoms with E-state index in [0.717, 1.165) is 81.4 Å². The summed E-state index contributed by atoms with van der Waals surface area (Å²) in [6, 6.07) is 44.1. The van der Waals surface area contributed by atoms with Gasteiger partial charge < -0.3 is 59.8 Å². The van der Waals surface area contributed by atoms with Crippen LogP contribution in [0.1, 0.15) is 163 Å². The standard InChI is InChI=1S/C18H23N3O2.C14H16N2O3.C12H11ClN2O2.C12H12N2O3.C7H10N2O.C7H10O4.C6H13N.C2Cl2O2.C2H6O.BBr3.ClH/c1-13-12-17(18(22)19-14-6-4-3-5-7-14)21(20-13)15-8-10-16(23-2)11-9-15;1-4-19-14(17)13-9-10(2)15-16(13)11-5-7-12(18-3)8-6-11;1-8-7-11(12(13)16)15(14-8)9-3-5-10(17-2)6-4-9;1-8-7-11(12(15)16)14(13-8)9-3-5-10(17-2)6-4-9;1-10-7-4-2-6(9-8)3-5-7;1-3-11-7(10)6(9)4-5(2)8;7-6-4-2-1-3-5-6;3-1(5)2(4)6;1-2-3;2-1(3)4;/h8-12,14H,3-7H2,1-2H3,(H,19,22);5-9H,4H2,1-3H3;3-7H,1-2H3;3-7H,1-2H3,(H,15,16);2-5,9H,8H2,1H3;3-4H2,1-2H3;6H,1-5,7H2;;3H,2H2,1H3;;1H. The molecule has 1 amide bonds. The van der Waals surface area contributed by atoms with E-state index in [1.54, 1.807) is 121 Å². The second kappa shape index (κ2) is 59.2. The van der Waals surface area contributed by atoms with Crippen molar-refractivity contribution >= 4 is 154 Å². The predicted octanol–water partition coefficient (Wildman–Crippen LogP) is 15.5. The number of aromatic carboxylic acids is 1. The van der Waals surface area contributed by atoms with Crippen LogP contribution in [0, 0.1) is 27.7 Å². The van der Waals surface area contributed by atoms with Crippen LogP contribution in [0.2, 0.25) is 0 Å². The summed E-state index contributed by atoms with van der Waals surface area (Å²) in [7, 11) is 8.05. The number of aliphatic hydroxyl groups excluding tert-OH is 1. The van der Waals surface area contributed by atoms with Crippen molar-refractivity contribution in [2.24, 2.45) is 11.6 Å². The number of nitrogens with zero attached hydrogens (tertiary/aromatic N) is 8. The first-order valence-corrected chi connectivity index (χ1v) is 40.3. The fourth-order valence-corrected chi connectivity index (χ4v) is 10.5. The highest BCUT2D eigenvalue weighted by Crippen LogP contribution is 2.24. The zero-order valence-electron chi connectivity index (χ0n) is 67.8. The first kappa shape index (κ1) is 107. The predicted molar refractivity (Wildman–Crippen MR) is 470 cm³/mol. The number of carbonyl (C=O) groups excluding carboxylic acids is 8. The van der Waals surface area contributed by atoms with Gasteiger partial charge in [0.25, 0.3) is 11.1 Å². The zero-order valence-corrected chi connectivity index (χ0v) is 75.7. The van der Waals surface area contributed by atoms with Crippen LogP contribution in [-0.2, 0) is 33.4 Å². The summed E-state index contributed by atoms with van der Waals surface area (Å²) in [5.74, 6) is 5.53. The topological polar surface area (TPSA) is 406 Å². The smallest absolute Gasteiger partial charge is 0.375 e. The van der Waals surface area contributed by atoms with E-state index in [9.17, 15) is 43.2 Å². The Balaban J connectivity index is 0.000000684. The summed E-state index contributed by atoms with van der Waals surface area (Å²) < 4.78 is 41.2. The van der Waals surface area contributed by atoms with Crippen molar-refractivity contribution < 1.29 is 86.5 Å². The van der Waals surface area contributed by atoms with E-state index in [1.165, 1.54) is 73.7 Å². The second-order valence-electron chi connectivity index (χ2n) is 24.6. The van der Waals surface area contributed by atoms with E-state index in [0.29, 0.717) is 41.1 Å². The third kappa shape index (κ3) is 40.8. The number of nitrogen functional groups attached to an aromatic ring is 1. The number of esters is 2. The Morgan fingerprint density at radius 3 is 1.08 bits per heavy atom. The van der Waals surface area contributed by atoms with Crippen LogP contribution >= 0.6 is 94.5 Å². The van der Waals surface area contributed by atoms with Gasteiger partial charge in [0.2, 0.25) is 5.78 Å². The molecule has 2 aliphatic carbocycles. The van der Waals surface area contributed by atoms with Crippen LogP contribution in [0.15, 0.2) is 146 Å². The molecule has 8 N–H and O–H groups in total. The monoisotopic (exact) mass is 1910 g/mol. The van der Waals surface area contributed by atoms with Gasteiger partial charge >= 0.3 is 31.6 Å². The molecule has 4 aromatic heterocycles. The van der Waals surface area contributed by atoms with E-state index in [-0.39, 0.29) is 64.6 Å². The molecule has 4 heterocycles. The van der Waals surface area contributed by atoms with Crippen molar-refractivity contribution in [3.63, 3.8) is 0 Å². The third-order valence-electron chi connectivity index (χ3n) is 15.6. The Kier molecular flexibility index (Phi) is 53.5. The Hall–Kier alpha value is -9.49. The number of halogens is 7. The Morgan fingerprint density at radius 1 is 0.492 bits per heavy atom. The normalized spacial score (nSPS) is 11.5. The molecule has 30 nitrogen and oxygen atoms in total. The van der Waals surface area contributed by atoms with Crippen molar-refractivity contribution in [2.45, 2.75) is 138 Å². The highest BCUT2D eigenvalue weighted by atomic mass is 79.9. The SMILES string of the molecule is BrB(Br)Br.CCO.CCOC(=O)C(=O)CC(C)=O.CCOC(=O)c1cc(C)nn1-c1ccc(OC)cc1.COc1ccc(-n2nc(C)cc2C(=O)Cl)cc1.COc1ccc(-n2nc(C)cc2C(=O)NC2CCCCC2)cc1.COc1ccc(-n2nc(C)cc2C(=O)O)cc1.COc1ccc(NN)cc1.Cl.NC1CCCCC1.O=C(Cl)C(=O)Cl. The summed E-state index contributed by atoms with van der Waals surface area (Å²) >= 11 is 23.8. The number of anilines is 1. The van der Waals surface area contributed by atoms with Crippen molar-refractivity contribution in [1.82, 2.24) is 44.4 Å². The number of rotatable bonds is 21. The number of carbonyl (C=O) groups is 9. The average Bonchev–Trinajstić information content (AvgIpc) is 1.65. The lowest BCUT2D eigenvalue weighted by molar-refractivity contribution is -0.154. The maximum absolute atomic E-state index is 12.6. The van der Waals surface area contributed by atoms with Gasteiger partial charge in [-0.25, -0.2) is 33.1 Å². The fourth-order valence-electron chi connectivity index (χ4n) is 10.3. The number of hydrogen-bond acceptors (Lipinski definition) is 24. The number of benzene rings is 5. The largest absolute Gasteiger partial charge is 0.497 e. The number of methoxy groups -OCH3 is 5. The molecule has 642 valence electrons. The number of nitrogens with one attached hydrogen (secondary N) is 2. The lowest BCUT2D eigenvalue weighted by atomic mass is 9.95. The first-order chi connectivity index (χ1) is 55.7. The van der Waals surface area contributed by atoms with Gasteiger partial charge in [0, 0.05) is 24.4 Å². The number of hydrogen-bond donors (Lipinski definition) is 6. The number of aliphatic hydroxyl groups is 1. The first-order valence-electron chi connectivity index (χ1n) is 36.4. The van der Waals surface area contributed by atoms with Gasteiger partial charge in [0.15, 0.2) is 11.4 Å². The molecule has 0 spiro atoms. The molecule has 2 aliphatic rings. The van der Waals surface area contributed by atoms with E-state index in [1.807, 2.05) is 112 Å². The van der Waals surface area contributed by atoms with Crippen LogP contribution in [0.25, 0.3) is 22.7 Å². The van der Waals surface area contributed by atoms with E-state index in [2.05, 4.69) is 106 Å². The van der Waals surface area contributed by atoms with Crippen molar-refractivity contribution in [3.05, 3.63) is 191 Å². The van der Waals surface area contributed by atoms with Gasteiger partial charge in [-0.1, -0.05) is 38.5 Å². The van der Waals surface area contributed by atoms with E-state index in [4.69, 9.17) is 61.8 Å². The Bertz CT molecular complexity index is 4370. The van der Waals surface area contributed by atoms with E-state index < -0.39 is 33.4 Å². The van der Waals surface area contributed by atoms with E-state index >= 15 is 0 Å². The molecule has 11 rings (SSSR count). The highest BCUT2D eigenvalue weighted by molar-refractivity contribution is 9.69. The summed E-state index contributed by atoms with van der Waals surface area (Å²) in [5.41, 5.74) is 16.6. The summed E-state index contributed by atoms with van der Waals surface area (Å²) in [6.45, 7) is 14.3. The number of ether oxygens (including phenoxy) is 7. The number of hydrazine groups is 1. The lowest BCUT2D eigenvalue weighted by Crippen LogP contribution is -2.37. The maximum Gasteiger partial charge on any atom is 0.375 e. The molecular formula is C80H102BBr3Cl4N12O18. The van der Waals surface area contributed by atoms with Crippen molar-refractivity contribution in [2.75, 3.05) is 60.8 Å². The average molecular weight is 1910 g/mol. The third-order valence-corrected chi connectivity index (χ3v) is 16.3. The number of nitrogens with two attached hydrogens (primary N) is 2. The molecule has 118 heavy (non-hydrogen) atoms. The summed E-state index contributed by atoms with van der Waals surface area (Å²) in [5, 5.41) is 34.1. The molecule has 0 saturated heterocycles. The minimum atomic E-state index is -1.14. The van der Waals surface area contributed by atoms with Crippen LogP contribution in [0.5, 0.6) is 28.7 Å². The van der Waals surface area contributed by atoms with Gasteiger partial charge in [0.1, 0.15) is 45.9 Å². The molecular weight excluding hydrogens is 1810 g/mol. The number of carboxylic acids is 1. The number of aryl methyl sites for hydroxylation is 4. The lowest BCUT2D eigenvalue weighted by Gasteiger charge is -2.22. The summed E-state index contributed by atoms with van der Waals surface area (Å²) in [6.07, 6.45) is 12.1. The van der Waals surface area contributed by atoms with Crippen molar-refractivity contribution in [3.8, 4) is 51.5 Å². The second-order valence-corrected chi connectivity index (χ2v) is 32.1. The zero-order chi connectivity index (χ0) is 87.7. The molecule has 5 aromatic carbocycles. The number of aromatic nitrogens is 8. The molecule has 0 bridgehead atoms. The van der Waals surface area contributed by atoms with Crippen LogP contribution in [0.4, 0.5) is 5.69 Å². The van der Waals surface area contributed by atoms with Crippen molar-refractivity contribution in [1.29, 1.82) is 0 Å². The molecule has 38 heteroatoms. The number of Topliss-reactive ketones (excluding diaryl/α,β-unsaturated/α-hetero) is 2. The Labute approximate surface area is 733 Å². The fraction of sp³-hybridized carbons (Fsp3) is 0.362. The molecule has 2 saturated carbocycles. The number of ketones is 2. The quantitative estimate of drug-likeness (QED) is 0.00740. The molecule has 2 fully saturated rings. The molecule has 0 unspecified atom stereocenters. The van der Waals surface area contributed by atoms with Crippen LogP contribution < -0.4 is 46.0 Å². The molecule has 0 aliphatic heterocycles. The van der Waals surface area contributed by atoms with Gasteiger partial charge in [-0.2, -0.15) is 20.4 Å². The molecule has 0 atom stereocenters. The van der Waals surface area contributed by atoms with Crippen LogP contribution in [-0.4, -0.2) is 171 Å².